The molecule has 1 aromatic carbocycles. The van der Waals surface area contributed by atoms with Gasteiger partial charge in [0.1, 0.15) is 11.0 Å². The zero-order chi connectivity index (χ0) is 15.9. The van der Waals surface area contributed by atoms with Gasteiger partial charge in [-0.2, -0.15) is 0 Å². The van der Waals surface area contributed by atoms with Gasteiger partial charge in [0.05, 0.1) is 5.41 Å². The molecule has 1 N–H and O–H groups in total. The summed E-state index contributed by atoms with van der Waals surface area (Å²) in [6.45, 7) is 2.26. The van der Waals surface area contributed by atoms with E-state index in [1.807, 2.05) is 18.2 Å². The van der Waals surface area contributed by atoms with Crippen molar-refractivity contribution in [3.8, 4) is 0 Å². The van der Waals surface area contributed by atoms with Crippen molar-refractivity contribution in [1.29, 1.82) is 0 Å². The van der Waals surface area contributed by atoms with Gasteiger partial charge < -0.3 is 5.11 Å². The molecule has 0 radical (unpaired) electrons. The van der Waals surface area contributed by atoms with Crippen molar-refractivity contribution in [2.75, 3.05) is 13.1 Å². The van der Waals surface area contributed by atoms with Crippen LogP contribution in [0.2, 0.25) is 0 Å². The van der Waals surface area contributed by atoms with Crippen LogP contribution in [0.3, 0.4) is 0 Å². The molecule has 4 rings (SSSR count). The van der Waals surface area contributed by atoms with Crippen LogP contribution in [0.1, 0.15) is 37.7 Å². The highest BCUT2D eigenvalue weighted by Gasteiger charge is 2.45. The fourth-order valence-corrected chi connectivity index (χ4v) is 3.90. The maximum atomic E-state index is 11.9. The number of carbonyl (C=O) groups is 1. The van der Waals surface area contributed by atoms with E-state index < -0.39 is 11.4 Å². The zero-order valence-electron chi connectivity index (χ0n) is 13.1. The van der Waals surface area contributed by atoms with Crippen molar-refractivity contribution in [3.63, 3.8) is 0 Å². The Balaban J connectivity index is 1.54. The SMILES string of the molecule is O=C(O)C1(CC2CC2)CCCN(Cc2cccc3nonc23)C1. The number of aliphatic carboxylic acids is 1. The monoisotopic (exact) mass is 315 g/mol. The van der Waals surface area contributed by atoms with Crippen molar-refractivity contribution in [3.05, 3.63) is 23.8 Å². The number of fused-ring (bicyclic) bond motifs is 1. The van der Waals surface area contributed by atoms with Gasteiger partial charge in [0.25, 0.3) is 0 Å². The summed E-state index contributed by atoms with van der Waals surface area (Å²) in [5.41, 5.74) is 2.01. The molecule has 2 aliphatic rings. The first-order valence-electron chi connectivity index (χ1n) is 8.32. The third-order valence-electron chi connectivity index (χ3n) is 5.25. The lowest BCUT2D eigenvalue weighted by molar-refractivity contribution is -0.153. The molecule has 0 bridgehead atoms. The van der Waals surface area contributed by atoms with Gasteiger partial charge in [0.2, 0.25) is 0 Å². The molecule has 122 valence electrons. The van der Waals surface area contributed by atoms with E-state index in [2.05, 4.69) is 15.2 Å². The average Bonchev–Trinajstić information content (AvgIpc) is 3.20. The molecule has 23 heavy (non-hydrogen) atoms. The van der Waals surface area contributed by atoms with E-state index in [1.54, 1.807) is 0 Å². The maximum absolute atomic E-state index is 11.9. The summed E-state index contributed by atoms with van der Waals surface area (Å²) in [5.74, 6) is -0.00960. The van der Waals surface area contributed by atoms with Gasteiger partial charge in [-0.3, -0.25) is 9.69 Å². The van der Waals surface area contributed by atoms with Crippen LogP contribution in [0.5, 0.6) is 0 Å². The van der Waals surface area contributed by atoms with Crippen molar-refractivity contribution >= 4 is 17.0 Å². The minimum absolute atomic E-state index is 0.574. The van der Waals surface area contributed by atoms with E-state index in [0.717, 1.165) is 42.4 Å². The number of hydrogen-bond donors (Lipinski definition) is 1. The number of nitrogens with zero attached hydrogens (tertiary/aromatic N) is 3. The van der Waals surface area contributed by atoms with Gasteiger partial charge in [0.15, 0.2) is 0 Å². The lowest BCUT2D eigenvalue weighted by atomic mass is 9.75. The van der Waals surface area contributed by atoms with Crippen molar-refractivity contribution in [2.24, 2.45) is 11.3 Å². The summed E-state index contributed by atoms with van der Waals surface area (Å²) in [6.07, 6.45) is 4.95. The lowest BCUT2D eigenvalue weighted by Gasteiger charge is -2.40. The zero-order valence-corrected chi connectivity index (χ0v) is 13.1. The fourth-order valence-electron chi connectivity index (χ4n) is 3.90. The minimum Gasteiger partial charge on any atom is -0.481 e. The first-order valence-corrected chi connectivity index (χ1v) is 8.32. The van der Waals surface area contributed by atoms with Gasteiger partial charge in [-0.05, 0) is 53.7 Å². The summed E-state index contributed by atoms with van der Waals surface area (Å²) in [5, 5.41) is 17.7. The van der Waals surface area contributed by atoms with Gasteiger partial charge >= 0.3 is 5.97 Å². The Bertz CT molecular complexity index is 725. The summed E-state index contributed by atoms with van der Waals surface area (Å²) in [7, 11) is 0. The van der Waals surface area contributed by atoms with Crippen LogP contribution in [0.25, 0.3) is 11.0 Å². The van der Waals surface area contributed by atoms with Gasteiger partial charge in [-0.25, -0.2) is 4.63 Å². The smallest absolute Gasteiger partial charge is 0.310 e. The molecule has 1 saturated carbocycles. The summed E-state index contributed by atoms with van der Waals surface area (Å²) >= 11 is 0. The summed E-state index contributed by atoms with van der Waals surface area (Å²) in [6, 6.07) is 5.84. The largest absolute Gasteiger partial charge is 0.481 e. The fraction of sp³-hybridized carbons (Fsp3) is 0.588. The molecule has 1 unspecified atom stereocenters. The molecular weight excluding hydrogens is 294 g/mol. The Kier molecular flexibility index (Phi) is 3.56. The molecule has 1 aromatic heterocycles. The normalized spacial score (nSPS) is 25.7. The molecular formula is C17H21N3O3. The maximum Gasteiger partial charge on any atom is 0.310 e. The number of benzene rings is 1. The lowest BCUT2D eigenvalue weighted by Crippen LogP contribution is -2.47. The van der Waals surface area contributed by atoms with Crippen molar-refractivity contribution in [1.82, 2.24) is 15.2 Å². The van der Waals surface area contributed by atoms with Gasteiger partial charge in [-0.1, -0.05) is 25.0 Å². The molecule has 2 heterocycles. The van der Waals surface area contributed by atoms with Crippen LogP contribution in [-0.2, 0) is 11.3 Å². The highest BCUT2D eigenvalue weighted by Crippen LogP contribution is 2.45. The van der Waals surface area contributed by atoms with Crippen LogP contribution in [0.4, 0.5) is 0 Å². The molecule has 1 atom stereocenters. The van der Waals surface area contributed by atoms with Gasteiger partial charge in [-0.15, -0.1) is 0 Å². The highest BCUT2D eigenvalue weighted by atomic mass is 16.6. The van der Waals surface area contributed by atoms with E-state index in [0.29, 0.717) is 19.0 Å². The number of hydrogen-bond acceptors (Lipinski definition) is 5. The van der Waals surface area contributed by atoms with Crippen molar-refractivity contribution in [2.45, 2.75) is 38.6 Å². The topological polar surface area (TPSA) is 79.5 Å². The van der Waals surface area contributed by atoms with E-state index in [-0.39, 0.29) is 0 Å². The number of carboxylic acids is 1. The van der Waals surface area contributed by atoms with E-state index >= 15 is 0 Å². The number of likely N-dealkylation sites (tertiary alicyclic amines) is 1. The summed E-state index contributed by atoms with van der Waals surface area (Å²) in [4.78, 5) is 14.2. The first-order chi connectivity index (χ1) is 11.2. The third kappa shape index (κ3) is 2.83. The number of aromatic nitrogens is 2. The standard InChI is InChI=1S/C17H21N3O3/c21-16(22)17(9-12-5-6-12)7-2-8-20(11-17)10-13-3-1-4-14-15(13)19-23-18-14/h1,3-4,12H,2,5-11H2,(H,21,22). The van der Waals surface area contributed by atoms with Crippen LogP contribution in [0.15, 0.2) is 22.8 Å². The number of carboxylic acid groups (broad SMARTS) is 1. The molecule has 2 aromatic rings. The molecule has 1 aliphatic heterocycles. The van der Waals surface area contributed by atoms with E-state index in [9.17, 15) is 9.90 Å². The average molecular weight is 315 g/mol. The Morgan fingerprint density at radius 3 is 3.04 bits per heavy atom. The van der Waals surface area contributed by atoms with Crippen LogP contribution in [0, 0.1) is 11.3 Å². The molecule has 0 amide bonds. The highest BCUT2D eigenvalue weighted by molar-refractivity contribution is 5.77. The second-order valence-corrected chi connectivity index (χ2v) is 7.10. The number of rotatable bonds is 5. The van der Waals surface area contributed by atoms with Crippen molar-refractivity contribution < 1.29 is 14.5 Å². The van der Waals surface area contributed by atoms with Gasteiger partial charge in [0, 0.05) is 13.1 Å². The Morgan fingerprint density at radius 2 is 2.26 bits per heavy atom. The Morgan fingerprint density at radius 1 is 1.39 bits per heavy atom. The quantitative estimate of drug-likeness (QED) is 0.914. The van der Waals surface area contributed by atoms with E-state index in [1.165, 1.54) is 12.8 Å². The molecule has 6 nitrogen and oxygen atoms in total. The Labute approximate surface area is 134 Å². The molecule has 0 spiro atoms. The predicted octanol–water partition coefficient (Wildman–Crippen LogP) is 2.69. The second-order valence-electron chi connectivity index (χ2n) is 7.10. The van der Waals surface area contributed by atoms with E-state index in [4.69, 9.17) is 4.63 Å². The molecule has 1 saturated heterocycles. The summed E-state index contributed by atoms with van der Waals surface area (Å²) < 4.78 is 4.82. The minimum atomic E-state index is -0.629. The van der Waals surface area contributed by atoms with Crippen LogP contribution < -0.4 is 0 Å². The number of piperidine rings is 1. The first kappa shape index (κ1) is 14.6. The predicted molar refractivity (Wildman–Crippen MR) is 83.7 cm³/mol. The molecule has 6 heteroatoms. The van der Waals surface area contributed by atoms with Crippen LogP contribution >= 0.6 is 0 Å². The molecule has 2 fully saturated rings. The molecule has 1 aliphatic carbocycles. The third-order valence-corrected chi connectivity index (χ3v) is 5.25. The van der Waals surface area contributed by atoms with Crippen LogP contribution in [-0.4, -0.2) is 39.4 Å². The second kappa shape index (κ2) is 5.60. The Hall–Kier alpha value is -1.95.